The second-order valence-corrected chi connectivity index (χ2v) is 7.93. The van der Waals surface area contributed by atoms with Crippen LogP contribution in [0.3, 0.4) is 0 Å². The normalized spacial score (nSPS) is 62.2. The van der Waals surface area contributed by atoms with E-state index in [1.54, 1.807) is 0 Å². The molecule has 17 heavy (non-hydrogen) atoms. The highest BCUT2D eigenvalue weighted by atomic mass is 16.5. The Morgan fingerprint density at radius 2 is 1.88 bits per heavy atom. The third kappa shape index (κ3) is 0.815. The lowest BCUT2D eigenvalue weighted by Gasteiger charge is -2.64. The predicted molar refractivity (Wildman–Crippen MR) is 62.2 cm³/mol. The number of nitrogens with one attached hydrogen (secondary N) is 1. The van der Waals surface area contributed by atoms with Gasteiger partial charge in [-0.2, -0.15) is 0 Å². The zero-order chi connectivity index (χ0) is 12.1. The maximum atomic E-state index is 12.1. The quantitative estimate of drug-likeness (QED) is 0.542. The summed E-state index contributed by atoms with van der Waals surface area (Å²) in [5.41, 5.74) is 2.96. The number of fused-ring (bicyclic) bond motifs is 2. The van der Waals surface area contributed by atoms with Gasteiger partial charge in [-0.3, -0.25) is 10.0 Å². The molecule has 4 aliphatic rings. The monoisotopic (exact) mass is 235 g/mol. The van der Waals surface area contributed by atoms with Crippen LogP contribution in [0.2, 0.25) is 0 Å². The SMILES string of the molecule is CC12CC3CC4(C(=O)NO)CC(C)(C1)C2(C3)C4. The first-order chi connectivity index (χ1) is 7.89. The summed E-state index contributed by atoms with van der Waals surface area (Å²) in [6.07, 6.45) is 6.96. The summed E-state index contributed by atoms with van der Waals surface area (Å²) in [4.78, 5) is 12.1. The molecule has 94 valence electrons. The molecule has 0 aliphatic heterocycles. The minimum atomic E-state index is -0.249. The van der Waals surface area contributed by atoms with E-state index in [0.29, 0.717) is 16.2 Å². The van der Waals surface area contributed by atoms with Gasteiger partial charge in [0.2, 0.25) is 5.91 Å². The fraction of sp³-hybridized carbons (Fsp3) is 0.929. The van der Waals surface area contributed by atoms with Crippen LogP contribution in [0.15, 0.2) is 0 Å². The summed E-state index contributed by atoms with van der Waals surface area (Å²) in [5, 5.41) is 9.04. The van der Waals surface area contributed by atoms with E-state index >= 15 is 0 Å². The average Bonchev–Trinajstić information content (AvgIpc) is 2.51. The molecule has 1 spiro atoms. The molecule has 5 unspecified atom stereocenters. The Morgan fingerprint density at radius 3 is 2.59 bits per heavy atom. The Balaban J connectivity index is 1.85. The van der Waals surface area contributed by atoms with Crippen molar-refractivity contribution in [3.8, 4) is 0 Å². The first-order valence-corrected chi connectivity index (χ1v) is 6.83. The lowest BCUT2D eigenvalue weighted by atomic mass is 9.40. The van der Waals surface area contributed by atoms with Crippen LogP contribution in [0.1, 0.15) is 52.4 Å². The van der Waals surface area contributed by atoms with Crippen LogP contribution in [0.4, 0.5) is 0 Å². The van der Waals surface area contributed by atoms with E-state index in [2.05, 4.69) is 13.8 Å². The molecule has 0 saturated heterocycles. The topological polar surface area (TPSA) is 49.3 Å². The molecule has 0 aromatic heterocycles. The van der Waals surface area contributed by atoms with Crippen molar-refractivity contribution < 1.29 is 10.0 Å². The van der Waals surface area contributed by atoms with E-state index < -0.39 is 0 Å². The van der Waals surface area contributed by atoms with E-state index in [1.165, 1.54) is 19.3 Å². The fourth-order valence-corrected chi connectivity index (χ4v) is 7.11. The molecule has 4 rings (SSSR count). The second kappa shape index (κ2) is 2.42. The van der Waals surface area contributed by atoms with Crippen molar-refractivity contribution >= 4 is 5.91 Å². The Bertz CT molecular complexity index is 436. The van der Waals surface area contributed by atoms with Gasteiger partial charge in [-0.25, -0.2) is 5.48 Å². The van der Waals surface area contributed by atoms with Crippen LogP contribution in [-0.4, -0.2) is 11.1 Å². The van der Waals surface area contributed by atoms with Crippen molar-refractivity contribution in [2.45, 2.75) is 52.4 Å². The van der Waals surface area contributed by atoms with Gasteiger partial charge in [0.05, 0.1) is 5.41 Å². The average molecular weight is 235 g/mol. The molecule has 4 aliphatic carbocycles. The zero-order valence-electron chi connectivity index (χ0n) is 10.7. The number of hydrogen-bond donors (Lipinski definition) is 2. The first-order valence-electron chi connectivity index (χ1n) is 6.83. The number of amides is 1. The largest absolute Gasteiger partial charge is 0.289 e. The highest BCUT2D eigenvalue weighted by Gasteiger charge is 2.81. The summed E-state index contributed by atoms with van der Waals surface area (Å²) >= 11 is 0. The zero-order valence-corrected chi connectivity index (χ0v) is 10.7. The molecule has 5 atom stereocenters. The highest BCUT2D eigenvalue weighted by Crippen LogP contribution is 2.88. The first kappa shape index (κ1) is 10.4. The van der Waals surface area contributed by atoms with E-state index in [4.69, 9.17) is 5.21 Å². The van der Waals surface area contributed by atoms with Gasteiger partial charge in [0.25, 0.3) is 0 Å². The Kier molecular flexibility index (Phi) is 1.48. The van der Waals surface area contributed by atoms with E-state index in [9.17, 15) is 4.79 Å². The number of carbonyl (C=O) groups is 1. The second-order valence-electron chi connectivity index (χ2n) is 7.93. The molecule has 3 nitrogen and oxygen atoms in total. The molecular weight excluding hydrogens is 214 g/mol. The van der Waals surface area contributed by atoms with Crippen LogP contribution in [0.5, 0.6) is 0 Å². The molecule has 0 heterocycles. The van der Waals surface area contributed by atoms with Gasteiger partial charge in [0.15, 0.2) is 0 Å². The Hall–Kier alpha value is -0.570. The fourth-order valence-electron chi connectivity index (χ4n) is 7.11. The van der Waals surface area contributed by atoms with Gasteiger partial charge in [-0.15, -0.1) is 0 Å². The van der Waals surface area contributed by atoms with Crippen LogP contribution in [0.25, 0.3) is 0 Å². The third-order valence-electron chi connectivity index (χ3n) is 7.10. The van der Waals surface area contributed by atoms with Gasteiger partial charge >= 0.3 is 0 Å². The molecule has 2 N–H and O–H groups in total. The minimum Gasteiger partial charge on any atom is -0.289 e. The lowest BCUT2D eigenvalue weighted by molar-refractivity contribution is -0.157. The third-order valence-corrected chi connectivity index (χ3v) is 7.10. The molecular formula is C14H21NO2. The molecule has 3 heteroatoms. The molecule has 1 amide bonds. The van der Waals surface area contributed by atoms with Gasteiger partial charge in [-0.1, -0.05) is 13.8 Å². The van der Waals surface area contributed by atoms with Crippen molar-refractivity contribution in [2.75, 3.05) is 0 Å². The molecule has 0 aromatic carbocycles. The maximum Gasteiger partial charge on any atom is 0.249 e. The summed E-state index contributed by atoms with van der Waals surface area (Å²) in [5.74, 6) is 0.608. The summed E-state index contributed by atoms with van der Waals surface area (Å²) < 4.78 is 0. The van der Waals surface area contributed by atoms with Gasteiger partial charge in [0.1, 0.15) is 0 Å². The Morgan fingerprint density at radius 1 is 1.12 bits per heavy atom. The molecule has 4 fully saturated rings. The van der Waals surface area contributed by atoms with Gasteiger partial charge < -0.3 is 0 Å². The lowest BCUT2D eigenvalue weighted by Crippen LogP contribution is -2.57. The van der Waals surface area contributed by atoms with Gasteiger partial charge in [-0.05, 0) is 60.7 Å². The van der Waals surface area contributed by atoms with Crippen LogP contribution >= 0.6 is 0 Å². The summed E-state index contributed by atoms with van der Waals surface area (Å²) in [6.45, 7) is 4.82. The molecule has 0 aromatic rings. The maximum absolute atomic E-state index is 12.1. The molecule has 0 radical (unpaired) electrons. The number of hydroxylamine groups is 1. The molecule has 3 bridgehead atoms. The summed E-state index contributed by atoms with van der Waals surface area (Å²) in [6, 6.07) is 0. The smallest absolute Gasteiger partial charge is 0.249 e. The van der Waals surface area contributed by atoms with Crippen molar-refractivity contribution in [1.82, 2.24) is 5.48 Å². The van der Waals surface area contributed by atoms with Crippen molar-refractivity contribution in [2.24, 2.45) is 27.6 Å². The Labute approximate surface area is 102 Å². The van der Waals surface area contributed by atoms with Crippen LogP contribution < -0.4 is 5.48 Å². The van der Waals surface area contributed by atoms with Crippen molar-refractivity contribution in [3.05, 3.63) is 0 Å². The van der Waals surface area contributed by atoms with Crippen molar-refractivity contribution in [1.29, 1.82) is 0 Å². The van der Waals surface area contributed by atoms with Crippen LogP contribution in [0, 0.1) is 27.6 Å². The van der Waals surface area contributed by atoms with E-state index in [1.807, 2.05) is 5.48 Å². The number of hydrogen-bond acceptors (Lipinski definition) is 2. The van der Waals surface area contributed by atoms with Crippen molar-refractivity contribution in [3.63, 3.8) is 0 Å². The van der Waals surface area contributed by atoms with E-state index in [-0.39, 0.29) is 11.3 Å². The molecule has 4 saturated carbocycles. The number of rotatable bonds is 1. The number of carbonyl (C=O) groups excluding carboxylic acids is 1. The standard InChI is InChI=1S/C14H21NO2/c1-11-3-9-4-13(10(16)15-17)7-12(2,6-11)14(11,5-9)8-13/h9,17H,3-8H2,1-2H3,(H,15,16). The van der Waals surface area contributed by atoms with Gasteiger partial charge in [0, 0.05) is 0 Å². The minimum absolute atomic E-state index is 0.110. The van der Waals surface area contributed by atoms with Crippen LogP contribution in [-0.2, 0) is 4.79 Å². The summed E-state index contributed by atoms with van der Waals surface area (Å²) in [7, 11) is 0. The van der Waals surface area contributed by atoms with E-state index in [0.717, 1.165) is 25.2 Å². The highest BCUT2D eigenvalue weighted by molar-refractivity contribution is 5.83. The predicted octanol–water partition coefficient (Wildman–Crippen LogP) is 2.49.